The van der Waals surface area contributed by atoms with Crippen LogP contribution in [-0.4, -0.2) is 13.1 Å². The average molecular weight is 310 g/mol. The molecule has 0 aliphatic rings. The molecule has 0 fully saturated rings. The number of ether oxygens (including phenoxy) is 1. The molecule has 5 heteroatoms. The van der Waals surface area contributed by atoms with Crippen LogP contribution in [0.2, 0.25) is 10.0 Å². The van der Waals surface area contributed by atoms with Crippen LogP contribution >= 0.6 is 23.2 Å². The third-order valence-electron chi connectivity index (χ3n) is 2.81. The summed E-state index contributed by atoms with van der Waals surface area (Å²) in [6.45, 7) is 0.490. The zero-order valence-electron chi connectivity index (χ0n) is 10.8. The normalized spacial score (nSPS) is 10.2. The maximum absolute atomic E-state index is 11.7. The van der Waals surface area contributed by atoms with E-state index in [0.29, 0.717) is 27.8 Å². The van der Waals surface area contributed by atoms with Gasteiger partial charge in [0.25, 0.3) is 0 Å². The standard InChI is InChI=1S/C15H13Cl2NO2/c1-20-15(19)12-7-6-11(16)8-14(12)18-9-10-4-2-3-5-13(10)17/h2-8,18H,9H2,1H3. The lowest BCUT2D eigenvalue weighted by atomic mass is 10.1. The van der Waals surface area contributed by atoms with Gasteiger partial charge in [0.05, 0.1) is 18.4 Å². The zero-order valence-corrected chi connectivity index (χ0v) is 12.3. The Kier molecular flexibility index (Phi) is 4.88. The molecule has 0 atom stereocenters. The number of benzene rings is 2. The van der Waals surface area contributed by atoms with Crippen molar-refractivity contribution in [3.8, 4) is 0 Å². The van der Waals surface area contributed by atoms with E-state index in [-0.39, 0.29) is 0 Å². The fourth-order valence-corrected chi connectivity index (χ4v) is 2.16. The number of hydrogen-bond acceptors (Lipinski definition) is 3. The van der Waals surface area contributed by atoms with E-state index in [0.717, 1.165) is 5.56 Å². The molecule has 20 heavy (non-hydrogen) atoms. The first kappa shape index (κ1) is 14.7. The van der Waals surface area contributed by atoms with Crippen molar-refractivity contribution in [3.63, 3.8) is 0 Å². The van der Waals surface area contributed by atoms with E-state index in [9.17, 15) is 4.79 Å². The van der Waals surface area contributed by atoms with Gasteiger partial charge < -0.3 is 10.1 Å². The molecule has 0 aliphatic heterocycles. The van der Waals surface area contributed by atoms with Gasteiger partial charge in [-0.25, -0.2) is 4.79 Å². The highest BCUT2D eigenvalue weighted by atomic mass is 35.5. The first-order valence-corrected chi connectivity index (χ1v) is 6.72. The summed E-state index contributed by atoms with van der Waals surface area (Å²) >= 11 is 12.1. The summed E-state index contributed by atoms with van der Waals surface area (Å²) in [6.07, 6.45) is 0. The number of halogens is 2. The number of rotatable bonds is 4. The molecule has 0 heterocycles. The van der Waals surface area contributed by atoms with Crippen LogP contribution in [0.25, 0.3) is 0 Å². The second-order valence-electron chi connectivity index (χ2n) is 4.13. The van der Waals surface area contributed by atoms with E-state index >= 15 is 0 Å². The summed E-state index contributed by atoms with van der Waals surface area (Å²) in [5, 5.41) is 4.37. The van der Waals surface area contributed by atoms with Crippen LogP contribution in [-0.2, 0) is 11.3 Å². The second kappa shape index (κ2) is 6.64. The highest BCUT2D eigenvalue weighted by molar-refractivity contribution is 6.31. The molecule has 0 bridgehead atoms. The Hall–Kier alpha value is -1.71. The molecule has 2 aromatic rings. The Morgan fingerprint density at radius 2 is 1.95 bits per heavy atom. The Labute approximate surface area is 127 Å². The topological polar surface area (TPSA) is 38.3 Å². The van der Waals surface area contributed by atoms with Crippen LogP contribution in [0.15, 0.2) is 42.5 Å². The SMILES string of the molecule is COC(=O)c1ccc(Cl)cc1NCc1ccccc1Cl. The van der Waals surface area contributed by atoms with E-state index in [1.807, 2.05) is 24.3 Å². The summed E-state index contributed by atoms with van der Waals surface area (Å²) in [5.74, 6) is -0.414. The number of methoxy groups -OCH3 is 1. The monoisotopic (exact) mass is 309 g/mol. The molecule has 0 radical (unpaired) electrons. The summed E-state index contributed by atoms with van der Waals surface area (Å²) in [4.78, 5) is 11.7. The van der Waals surface area contributed by atoms with Gasteiger partial charge in [-0.15, -0.1) is 0 Å². The Morgan fingerprint density at radius 1 is 1.20 bits per heavy atom. The van der Waals surface area contributed by atoms with Crippen LogP contribution in [0, 0.1) is 0 Å². The number of esters is 1. The molecule has 104 valence electrons. The molecule has 0 aliphatic carbocycles. The number of carbonyl (C=O) groups is 1. The molecule has 2 rings (SSSR count). The maximum atomic E-state index is 11.7. The fourth-order valence-electron chi connectivity index (χ4n) is 1.78. The van der Waals surface area contributed by atoms with Crippen molar-refractivity contribution in [1.82, 2.24) is 0 Å². The van der Waals surface area contributed by atoms with Gasteiger partial charge in [0, 0.05) is 16.6 Å². The van der Waals surface area contributed by atoms with Crippen molar-refractivity contribution in [1.29, 1.82) is 0 Å². The van der Waals surface area contributed by atoms with Crippen molar-refractivity contribution < 1.29 is 9.53 Å². The Balaban J connectivity index is 2.22. The van der Waals surface area contributed by atoms with E-state index < -0.39 is 5.97 Å². The minimum atomic E-state index is -0.414. The zero-order chi connectivity index (χ0) is 14.5. The lowest BCUT2D eigenvalue weighted by molar-refractivity contribution is 0.0602. The molecule has 0 amide bonds. The highest BCUT2D eigenvalue weighted by Crippen LogP contribution is 2.23. The van der Waals surface area contributed by atoms with E-state index in [1.165, 1.54) is 7.11 Å². The first-order valence-electron chi connectivity index (χ1n) is 5.97. The van der Waals surface area contributed by atoms with Crippen molar-refractivity contribution in [2.75, 3.05) is 12.4 Å². The Morgan fingerprint density at radius 3 is 2.65 bits per heavy atom. The third kappa shape index (κ3) is 3.44. The van der Waals surface area contributed by atoms with E-state index in [4.69, 9.17) is 27.9 Å². The van der Waals surface area contributed by atoms with Crippen LogP contribution in [0.3, 0.4) is 0 Å². The first-order chi connectivity index (χ1) is 9.61. The molecule has 2 aromatic carbocycles. The number of hydrogen-bond donors (Lipinski definition) is 1. The minimum Gasteiger partial charge on any atom is -0.465 e. The van der Waals surface area contributed by atoms with E-state index in [1.54, 1.807) is 18.2 Å². The van der Waals surface area contributed by atoms with Gasteiger partial charge in [0.2, 0.25) is 0 Å². The number of carbonyl (C=O) groups excluding carboxylic acids is 1. The molecule has 0 saturated heterocycles. The number of nitrogens with one attached hydrogen (secondary N) is 1. The fraction of sp³-hybridized carbons (Fsp3) is 0.133. The summed E-state index contributed by atoms with van der Waals surface area (Å²) in [5.41, 5.74) is 1.98. The van der Waals surface area contributed by atoms with Crippen molar-refractivity contribution >= 4 is 34.9 Å². The van der Waals surface area contributed by atoms with Gasteiger partial charge in [-0.1, -0.05) is 41.4 Å². The van der Waals surface area contributed by atoms with Crippen LogP contribution < -0.4 is 5.32 Å². The van der Waals surface area contributed by atoms with Gasteiger partial charge in [-0.3, -0.25) is 0 Å². The van der Waals surface area contributed by atoms with Crippen molar-refractivity contribution in [2.24, 2.45) is 0 Å². The summed E-state index contributed by atoms with van der Waals surface area (Å²) in [6, 6.07) is 12.5. The second-order valence-corrected chi connectivity index (χ2v) is 4.97. The molecule has 0 aromatic heterocycles. The quantitative estimate of drug-likeness (QED) is 0.851. The summed E-state index contributed by atoms with van der Waals surface area (Å²) < 4.78 is 4.74. The largest absolute Gasteiger partial charge is 0.465 e. The van der Waals surface area contributed by atoms with Gasteiger partial charge in [-0.05, 0) is 29.8 Å². The molecule has 3 nitrogen and oxygen atoms in total. The van der Waals surface area contributed by atoms with Crippen LogP contribution in [0.1, 0.15) is 15.9 Å². The lowest BCUT2D eigenvalue weighted by Crippen LogP contribution is -2.08. The third-order valence-corrected chi connectivity index (χ3v) is 3.42. The van der Waals surface area contributed by atoms with Gasteiger partial charge in [-0.2, -0.15) is 0 Å². The predicted molar refractivity (Wildman–Crippen MR) is 81.6 cm³/mol. The van der Waals surface area contributed by atoms with Crippen LogP contribution in [0.5, 0.6) is 0 Å². The molecular formula is C15H13Cl2NO2. The molecule has 0 unspecified atom stereocenters. The van der Waals surface area contributed by atoms with Crippen molar-refractivity contribution in [3.05, 3.63) is 63.6 Å². The van der Waals surface area contributed by atoms with E-state index in [2.05, 4.69) is 5.32 Å². The summed E-state index contributed by atoms with van der Waals surface area (Å²) in [7, 11) is 1.34. The molecule has 1 N–H and O–H groups in total. The van der Waals surface area contributed by atoms with Gasteiger partial charge in [0.15, 0.2) is 0 Å². The lowest BCUT2D eigenvalue weighted by Gasteiger charge is -2.12. The molecular weight excluding hydrogens is 297 g/mol. The average Bonchev–Trinajstić information content (AvgIpc) is 2.46. The predicted octanol–water partition coefficient (Wildman–Crippen LogP) is 4.39. The van der Waals surface area contributed by atoms with Gasteiger partial charge >= 0.3 is 5.97 Å². The van der Waals surface area contributed by atoms with Crippen molar-refractivity contribution in [2.45, 2.75) is 6.54 Å². The number of anilines is 1. The molecule has 0 saturated carbocycles. The highest BCUT2D eigenvalue weighted by Gasteiger charge is 2.12. The smallest absolute Gasteiger partial charge is 0.339 e. The van der Waals surface area contributed by atoms with Crippen LogP contribution in [0.4, 0.5) is 5.69 Å². The maximum Gasteiger partial charge on any atom is 0.339 e. The minimum absolute atomic E-state index is 0.414. The Bertz CT molecular complexity index is 629. The molecule has 0 spiro atoms. The van der Waals surface area contributed by atoms with Gasteiger partial charge in [0.1, 0.15) is 0 Å².